The minimum absolute atomic E-state index is 0.512. The van der Waals surface area contributed by atoms with Gasteiger partial charge in [-0.15, -0.1) is 0 Å². The van der Waals surface area contributed by atoms with Gasteiger partial charge in [0, 0.05) is 5.56 Å². The van der Waals surface area contributed by atoms with Crippen molar-refractivity contribution in [2.24, 2.45) is 0 Å². The molecule has 0 atom stereocenters. The molecule has 0 aliphatic carbocycles. The minimum atomic E-state index is 0.512. The van der Waals surface area contributed by atoms with Crippen molar-refractivity contribution in [2.75, 3.05) is 11.6 Å². The highest BCUT2D eigenvalue weighted by atomic mass is 15.4. The number of nitrogens with two attached hydrogens (primary N) is 2. The van der Waals surface area contributed by atoms with Crippen LogP contribution in [0, 0.1) is 27.7 Å². The number of anilines is 1. The predicted octanol–water partition coefficient (Wildman–Crippen LogP) is 2.08. The smallest absolute Gasteiger partial charge is 0.150 e. The van der Waals surface area contributed by atoms with E-state index in [1.807, 2.05) is 6.92 Å². The predicted molar refractivity (Wildman–Crippen MR) is 71.2 cm³/mol. The van der Waals surface area contributed by atoms with Crippen LogP contribution in [-0.4, -0.2) is 9.66 Å². The van der Waals surface area contributed by atoms with Gasteiger partial charge in [0.05, 0.1) is 0 Å². The Labute approximate surface area is 101 Å². The van der Waals surface area contributed by atoms with E-state index in [1.165, 1.54) is 21.4 Å². The van der Waals surface area contributed by atoms with Crippen LogP contribution in [0.25, 0.3) is 11.3 Å². The van der Waals surface area contributed by atoms with Gasteiger partial charge in [-0.2, -0.15) is 0 Å². The number of aromatic nitrogens is 2. The number of nitrogen functional groups attached to an aromatic ring is 2. The van der Waals surface area contributed by atoms with Crippen molar-refractivity contribution in [3.05, 3.63) is 34.6 Å². The van der Waals surface area contributed by atoms with Gasteiger partial charge >= 0.3 is 0 Å². The third kappa shape index (κ3) is 1.75. The van der Waals surface area contributed by atoms with Crippen LogP contribution in [0.5, 0.6) is 0 Å². The van der Waals surface area contributed by atoms with Crippen LogP contribution in [0.1, 0.15) is 22.5 Å². The van der Waals surface area contributed by atoms with Crippen LogP contribution in [0.2, 0.25) is 0 Å². The minimum Gasteiger partial charge on any atom is -0.382 e. The molecule has 4 N–H and O–H groups in total. The van der Waals surface area contributed by atoms with Crippen molar-refractivity contribution >= 4 is 5.82 Å². The largest absolute Gasteiger partial charge is 0.382 e. The molecule has 0 spiro atoms. The highest BCUT2D eigenvalue weighted by Gasteiger charge is 2.16. The van der Waals surface area contributed by atoms with Gasteiger partial charge in [0.2, 0.25) is 0 Å². The number of aryl methyl sites for hydroxylation is 4. The molecule has 0 aliphatic rings. The first-order valence-corrected chi connectivity index (χ1v) is 5.60. The van der Waals surface area contributed by atoms with Gasteiger partial charge in [0.1, 0.15) is 11.5 Å². The molecule has 4 heteroatoms. The summed E-state index contributed by atoms with van der Waals surface area (Å²) < 4.78 is 1.42. The first-order valence-electron chi connectivity index (χ1n) is 5.60. The zero-order valence-corrected chi connectivity index (χ0v) is 10.7. The van der Waals surface area contributed by atoms with Crippen molar-refractivity contribution in [3.8, 4) is 11.3 Å². The Hall–Kier alpha value is -1.97. The van der Waals surface area contributed by atoms with Crippen molar-refractivity contribution in [1.29, 1.82) is 0 Å². The van der Waals surface area contributed by atoms with Crippen LogP contribution in [0.3, 0.4) is 0 Å². The number of hydrogen-bond acceptors (Lipinski definition) is 3. The molecule has 0 saturated heterocycles. The maximum absolute atomic E-state index is 5.99. The van der Waals surface area contributed by atoms with Gasteiger partial charge in [-0.1, -0.05) is 17.7 Å². The third-order valence-corrected chi connectivity index (χ3v) is 3.04. The molecule has 2 rings (SSSR count). The van der Waals surface area contributed by atoms with Gasteiger partial charge in [0.25, 0.3) is 0 Å². The fourth-order valence-electron chi connectivity index (χ4n) is 2.30. The zero-order valence-electron chi connectivity index (χ0n) is 10.7. The Morgan fingerprint density at radius 2 is 1.59 bits per heavy atom. The average Bonchev–Trinajstić information content (AvgIpc) is 2.45. The first kappa shape index (κ1) is 11.5. The van der Waals surface area contributed by atoms with E-state index in [2.05, 4.69) is 37.9 Å². The van der Waals surface area contributed by atoms with Gasteiger partial charge in [-0.3, -0.25) is 0 Å². The Kier molecular flexibility index (Phi) is 2.58. The fraction of sp³-hybridized carbons (Fsp3) is 0.308. The SMILES string of the molecule is Cc1cc(C)c(-c2nc(C)n(N)c2N)c(C)c1. The molecule has 2 aromatic rings. The molecule has 0 aliphatic heterocycles. The van der Waals surface area contributed by atoms with E-state index in [4.69, 9.17) is 11.6 Å². The summed E-state index contributed by atoms with van der Waals surface area (Å²) in [5, 5.41) is 0. The lowest BCUT2D eigenvalue weighted by atomic mass is 9.97. The van der Waals surface area contributed by atoms with Crippen molar-refractivity contribution in [2.45, 2.75) is 27.7 Å². The molecule has 4 nitrogen and oxygen atoms in total. The number of nitrogens with zero attached hydrogens (tertiary/aromatic N) is 2. The Morgan fingerprint density at radius 1 is 1.06 bits per heavy atom. The van der Waals surface area contributed by atoms with E-state index in [0.29, 0.717) is 5.82 Å². The summed E-state index contributed by atoms with van der Waals surface area (Å²) in [6.07, 6.45) is 0. The molecule has 0 amide bonds. The maximum Gasteiger partial charge on any atom is 0.150 e. The van der Waals surface area contributed by atoms with Gasteiger partial charge < -0.3 is 11.6 Å². The molecule has 1 heterocycles. The van der Waals surface area contributed by atoms with E-state index >= 15 is 0 Å². The van der Waals surface area contributed by atoms with E-state index in [9.17, 15) is 0 Å². The molecule has 17 heavy (non-hydrogen) atoms. The summed E-state index contributed by atoms with van der Waals surface area (Å²) in [4.78, 5) is 4.44. The molecule has 0 unspecified atom stereocenters. The molecule has 0 radical (unpaired) electrons. The topological polar surface area (TPSA) is 69.9 Å². The lowest BCUT2D eigenvalue weighted by Gasteiger charge is -2.10. The summed E-state index contributed by atoms with van der Waals surface area (Å²) in [5.74, 6) is 7.03. The normalized spacial score (nSPS) is 10.8. The molecule has 0 saturated carbocycles. The first-order chi connectivity index (χ1) is 7.91. The van der Waals surface area contributed by atoms with Crippen molar-refractivity contribution < 1.29 is 0 Å². The van der Waals surface area contributed by atoms with E-state index in [1.54, 1.807) is 0 Å². The van der Waals surface area contributed by atoms with Crippen LogP contribution < -0.4 is 11.6 Å². The quantitative estimate of drug-likeness (QED) is 0.737. The monoisotopic (exact) mass is 230 g/mol. The molecule has 1 aromatic heterocycles. The molecular formula is C13H18N4. The lowest BCUT2D eigenvalue weighted by Crippen LogP contribution is -2.13. The summed E-state index contributed by atoms with van der Waals surface area (Å²) in [7, 11) is 0. The standard InChI is InChI=1S/C13H18N4/c1-7-5-8(2)11(9(3)6-7)12-13(14)17(15)10(4)16-12/h5-6H,14-15H2,1-4H3. The summed E-state index contributed by atoms with van der Waals surface area (Å²) >= 11 is 0. The Balaban J connectivity index is 2.73. The highest BCUT2D eigenvalue weighted by Crippen LogP contribution is 2.31. The molecule has 90 valence electrons. The fourth-order valence-corrected chi connectivity index (χ4v) is 2.30. The van der Waals surface area contributed by atoms with E-state index in [-0.39, 0.29) is 0 Å². The van der Waals surface area contributed by atoms with Gasteiger partial charge in [0.15, 0.2) is 5.82 Å². The third-order valence-electron chi connectivity index (χ3n) is 3.04. The number of rotatable bonds is 1. The summed E-state index contributed by atoms with van der Waals surface area (Å²) in [6, 6.07) is 4.26. The Morgan fingerprint density at radius 3 is 2.00 bits per heavy atom. The van der Waals surface area contributed by atoms with E-state index in [0.717, 1.165) is 17.1 Å². The van der Waals surface area contributed by atoms with Gasteiger partial charge in [-0.25, -0.2) is 9.66 Å². The second kappa shape index (κ2) is 3.80. The van der Waals surface area contributed by atoms with Crippen LogP contribution in [0.4, 0.5) is 5.82 Å². The molecule has 0 fully saturated rings. The zero-order chi connectivity index (χ0) is 12.7. The van der Waals surface area contributed by atoms with E-state index < -0.39 is 0 Å². The van der Waals surface area contributed by atoms with Crippen molar-refractivity contribution in [1.82, 2.24) is 9.66 Å². The van der Waals surface area contributed by atoms with Crippen molar-refractivity contribution in [3.63, 3.8) is 0 Å². The number of benzene rings is 1. The summed E-state index contributed by atoms with van der Waals surface area (Å²) in [6.45, 7) is 8.07. The van der Waals surface area contributed by atoms with Crippen LogP contribution >= 0.6 is 0 Å². The van der Waals surface area contributed by atoms with Gasteiger partial charge in [-0.05, 0) is 38.8 Å². The van der Waals surface area contributed by atoms with Crippen LogP contribution in [0.15, 0.2) is 12.1 Å². The number of hydrogen-bond donors (Lipinski definition) is 2. The second-order valence-corrected chi connectivity index (χ2v) is 4.54. The Bertz CT molecular complexity index is 558. The molecule has 1 aromatic carbocycles. The lowest BCUT2D eigenvalue weighted by molar-refractivity contribution is 0.937. The molecular weight excluding hydrogens is 212 g/mol. The average molecular weight is 230 g/mol. The molecule has 0 bridgehead atoms. The summed E-state index contributed by atoms with van der Waals surface area (Å²) in [5.41, 5.74) is 11.4. The number of imidazole rings is 1. The highest BCUT2D eigenvalue weighted by molar-refractivity contribution is 5.76. The maximum atomic E-state index is 5.99. The second-order valence-electron chi connectivity index (χ2n) is 4.54. The van der Waals surface area contributed by atoms with Crippen LogP contribution in [-0.2, 0) is 0 Å².